The molecule has 0 aliphatic carbocycles. The number of fused-ring (bicyclic) bond motifs is 1. The third-order valence-electron chi connectivity index (χ3n) is 2.87. The molecule has 1 N–H and O–H groups in total. The molecule has 0 amide bonds. The van der Waals surface area contributed by atoms with E-state index in [4.69, 9.17) is 0 Å². The van der Waals surface area contributed by atoms with Gasteiger partial charge in [-0.25, -0.2) is 0 Å². The minimum absolute atomic E-state index is 0.0819. The number of aliphatic hydroxyl groups excluding tert-OH is 1. The summed E-state index contributed by atoms with van der Waals surface area (Å²) in [6.07, 6.45) is -0.762. The standard InChI is InChI=1S/C12H10N4O3S/c1-7(17)11-6-10(16(18)19)12(20-11)15-9-5-3-2-4-8(9)13-14-15/h2-7,17H,1H3/t7-/m1/s1. The first-order chi connectivity index (χ1) is 9.58. The zero-order valence-electron chi connectivity index (χ0n) is 10.4. The van der Waals surface area contributed by atoms with Crippen LogP contribution in [-0.2, 0) is 0 Å². The van der Waals surface area contributed by atoms with E-state index in [2.05, 4.69) is 10.3 Å². The number of hydrogen-bond acceptors (Lipinski definition) is 6. The molecule has 0 aliphatic rings. The van der Waals surface area contributed by atoms with Crippen molar-refractivity contribution in [2.45, 2.75) is 13.0 Å². The molecule has 8 heteroatoms. The largest absolute Gasteiger partial charge is 0.388 e. The van der Waals surface area contributed by atoms with E-state index in [1.807, 2.05) is 12.1 Å². The lowest BCUT2D eigenvalue weighted by molar-refractivity contribution is -0.384. The second kappa shape index (κ2) is 4.66. The van der Waals surface area contributed by atoms with Crippen molar-refractivity contribution in [3.63, 3.8) is 0 Å². The van der Waals surface area contributed by atoms with Gasteiger partial charge in [0, 0.05) is 10.9 Å². The first kappa shape index (κ1) is 12.7. The number of nitro groups is 1. The van der Waals surface area contributed by atoms with Gasteiger partial charge in [-0.1, -0.05) is 17.3 Å². The van der Waals surface area contributed by atoms with E-state index in [9.17, 15) is 15.2 Å². The van der Waals surface area contributed by atoms with Crippen LogP contribution in [-0.4, -0.2) is 25.0 Å². The Hall–Kier alpha value is -2.32. The molecule has 0 aliphatic heterocycles. The zero-order valence-corrected chi connectivity index (χ0v) is 11.2. The van der Waals surface area contributed by atoms with Crippen molar-refractivity contribution >= 4 is 28.1 Å². The first-order valence-corrected chi connectivity index (χ1v) is 6.66. The van der Waals surface area contributed by atoms with Crippen molar-refractivity contribution in [1.82, 2.24) is 15.0 Å². The summed E-state index contributed by atoms with van der Waals surface area (Å²) < 4.78 is 1.43. The molecule has 0 saturated heterocycles. The molecule has 0 spiro atoms. The zero-order chi connectivity index (χ0) is 14.3. The molecule has 0 unspecified atom stereocenters. The highest BCUT2D eigenvalue weighted by atomic mass is 32.1. The van der Waals surface area contributed by atoms with Gasteiger partial charge in [0.2, 0.25) is 0 Å². The average Bonchev–Trinajstić information content (AvgIpc) is 3.02. The van der Waals surface area contributed by atoms with Crippen molar-refractivity contribution in [3.8, 4) is 5.00 Å². The summed E-state index contributed by atoms with van der Waals surface area (Å²) in [5.74, 6) is 0. The summed E-state index contributed by atoms with van der Waals surface area (Å²) in [6, 6.07) is 8.60. The van der Waals surface area contributed by atoms with Gasteiger partial charge in [0.1, 0.15) is 5.52 Å². The fraction of sp³-hybridized carbons (Fsp3) is 0.167. The van der Waals surface area contributed by atoms with Crippen molar-refractivity contribution < 1.29 is 10.0 Å². The van der Waals surface area contributed by atoms with Crippen molar-refractivity contribution in [2.24, 2.45) is 0 Å². The number of aliphatic hydroxyl groups is 1. The van der Waals surface area contributed by atoms with E-state index < -0.39 is 11.0 Å². The van der Waals surface area contributed by atoms with Gasteiger partial charge >= 0.3 is 5.69 Å². The second-order valence-corrected chi connectivity index (χ2v) is 5.32. The third-order valence-corrected chi connectivity index (χ3v) is 4.14. The van der Waals surface area contributed by atoms with Gasteiger partial charge < -0.3 is 5.11 Å². The van der Waals surface area contributed by atoms with Crippen LogP contribution < -0.4 is 0 Å². The number of rotatable bonds is 3. The molecular weight excluding hydrogens is 280 g/mol. The summed E-state index contributed by atoms with van der Waals surface area (Å²) in [5, 5.41) is 29.1. The van der Waals surface area contributed by atoms with E-state index in [0.29, 0.717) is 20.9 Å². The molecule has 3 rings (SSSR count). The monoisotopic (exact) mass is 290 g/mol. The van der Waals surface area contributed by atoms with Crippen LogP contribution in [0.15, 0.2) is 30.3 Å². The quantitative estimate of drug-likeness (QED) is 0.590. The Labute approximate surface area is 117 Å². The van der Waals surface area contributed by atoms with Crippen molar-refractivity contribution in [2.75, 3.05) is 0 Å². The van der Waals surface area contributed by atoms with E-state index >= 15 is 0 Å². The van der Waals surface area contributed by atoms with Gasteiger partial charge in [-0.15, -0.1) is 16.4 Å². The Morgan fingerprint density at radius 1 is 1.45 bits per heavy atom. The summed E-state index contributed by atoms with van der Waals surface area (Å²) in [5.41, 5.74) is 1.27. The van der Waals surface area contributed by atoms with E-state index in [1.165, 1.54) is 10.7 Å². The first-order valence-electron chi connectivity index (χ1n) is 5.85. The minimum atomic E-state index is -0.762. The van der Waals surface area contributed by atoms with Gasteiger partial charge in [-0.2, -0.15) is 4.68 Å². The Morgan fingerprint density at radius 2 is 2.20 bits per heavy atom. The smallest absolute Gasteiger partial charge is 0.306 e. The normalized spacial score (nSPS) is 12.7. The number of hydrogen-bond donors (Lipinski definition) is 1. The molecule has 102 valence electrons. The second-order valence-electron chi connectivity index (χ2n) is 4.26. The van der Waals surface area contributed by atoms with Gasteiger partial charge in [-0.05, 0) is 19.1 Å². The molecule has 20 heavy (non-hydrogen) atoms. The topological polar surface area (TPSA) is 94.1 Å². The van der Waals surface area contributed by atoms with Gasteiger partial charge in [0.05, 0.1) is 16.5 Å². The molecular formula is C12H10N4O3S. The van der Waals surface area contributed by atoms with Crippen molar-refractivity contribution in [3.05, 3.63) is 45.3 Å². The van der Waals surface area contributed by atoms with Crippen LogP contribution in [0.1, 0.15) is 17.9 Å². The van der Waals surface area contributed by atoms with Crippen LogP contribution in [0.5, 0.6) is 0 Å². The van der Waals surface area contributed by atoms with Crippen LogP contribution >= 0.6 is 11.3 Å². The predicted octanol–water partition coefficient (Wildman–Crippen LogP) is 2.44. The lowest BCUT2D eigenvalue weighted by Crippen LogP contribution is -1.97. The third kappa shape index (κ3) is 1.95. The summed E-state index contributed by atoms with van der Waals surface area (Å²) in [6.45, 7) is 1.57. The fourth-order valence-electron chi connectivity index (χ4n) is 1.90. The Morgan fingerprint density at radius 3 is 2.90 bits per heavy atom. The molecule has 1 aromatic carbocycles. The van der Waals surface area contributed by atoms with E-state index in [1.54, 1.807) is 19.1 Å². The Bertz CT molecular complexity index is 793. The molecule has 1 atom stereocenters. The molecule has 0 saturated carbocycles. The highest BCUT2D eigenvalue weighted by Gasteiger charge is 2.24. The number of nitrogens with zero attached hydrogens (tertiary/aromatic N) is 4. The van der Waals surface area contributed by atoms with E-state index in [0.717, 1.165) is 11.3 Å². The van der Waals surface area contributed by atoms with Crippen LogP contribution in [0.4, 0.5) is 5.69 Å². The maximum absolute atomic E-state index is 11.2. The highest BCUT2D eigenvalue weighted by molar-refractivity contribution is 7.15. The maximum Gasteiger partial charge on any atom is 0.306 e. The Kier molecular flexibility index (Phi) is 2.96. The molecule has 3 aromatic rings. The summed E-state index contributed by atoms with van der Waals surface area (Å²) in [4.78, 5) is 11.2. The maximum atomic E-state index is 11.2. The molecule has 0 bridgehead atoms. The van der Waals surface area contributed by atoms with Gasteiger partial charge in [-0.3, -0.25) is 10.1 Å². The average molecular weight is 290 g/mol. The van der Waals surface area contributed by atoms with Crippen LogP contribution in [0.25, 0.3) is 16.0 Å². The lowest BCUT2D eigenvalue weighted by atomic mass is 10.3. The van der Waals surface area contributed by atoms with Crippen LogP contribution in [0.2, 0.25) is 0 Å². The minimum Gasteiger partial charge on any atom is -0.388 e. The van der Waals surface area contributed by atoms with Crippen LogP contribution in [0.3, 0.4) is 0 Å². The molecule has 7 nitrogen and oxygen atoms in total. The number of aromatic nitrogens is 3. The molecule has 0 fully saturated rings. The van der Waals surface area contributed by atoms with Crippen molar-refractivity contribution in [1.29, 1.82) is 0 Å². The molecule has 0 radical (unpaired) electrons. The van der Waals surface area contributed by atoms with Gasteiger partial charge in [0.15, 0.2) is 5.00 Å². The SMILES string of the molecule is C[C@@H](O)c1cc([N+](=O)[O-])c(-n2nnc3ccccc32)s1. The Balaban J connectivity index is 2.25. The molecule has 2 heterocycles. The summed E-state index contributed by atoms with van der Waals surface area (Å²) in [7, 11) is 0. The van der Waals surface area contributed by atoms with Crippen LogP contribution in [0, 0.1) is 10.1 Å². The van der Waals surface area contributed by atoms with Gasteiger partial charge in [0.25, 0.3) is 0 Å². The number of thiophene rings is 1. The number of benzene rings is 1. The fourth-order valence-corrected chi connectivity index (χ4v) is 2.92. The van der Waals surface area contributed by atoms with E-state index in [-0.39, 0.29) is 5.69 Å². The predicted molar refractivity (Wildman–Crippen MR) is 74.0 cm³/mol. The highest BCUT2D eigenvalue weighted by Crippen LogP contribution is 2.36. The summed E-state index contributed by atoms with van der Waals surface area (Å²) >= 11 is 1.14. The molecule has 2 aromatic heterocycles. The lowest BCUT2D eigenvalue weighted by Gasteiger charge is -1.98. The number of para-hydroxylation sites is 1.